The molecule has 578 valence electrons. The van der Waals surface area contributed by atoms with Crippen molar-refractivity contribution in [3.05, 3.63) is 24.3 Å². The first kappa shape index (κ1) is 95.5. The van der Waals surface area contributed by atoms with Crippen LogP contribution in [0.3, 0.4) is 0 Å². The Kier molecular flexibility index (Phi) is 69.7. The monoisotopic (exact) mass is 1430 g/mol. The molecule has 0 bridgehead atoms. The van der Waals surface area contributed by atoms with Gasteiger partial charge in [0.15, 0.2) is 12.2 Å². The zero-order chi connectivity index (χ0) is 71.9. The lowest BCUT2D eigenvalue weighted by Crippen LogP contribution is -2.30. The van der Waals surface area contributed by atoms with Gasteiger partial charge in [0.1, 0.15) is 19.3 Å². The number of allylic oxidation sites excluding steroid dienone is 4. The van der Waals surface area contributed by atoms with Gasteiger partial charge in [0.05, 0.1) is 26.4 Å². The Labute approximate surface area is 599 Å². The Morgan fingerprint density at radius 2 is 0.551 bits per heavy atom. The van der Waals surface area contributed by atoms with Crippen LogP contribution in [0.1, 0.15) is 394 Å². The van der Waals surface area contributed by atoms with Crippen LogP contribution in [-0.4, -0.2) is 96.7 Å². The van der Waals surface area contributed by atoms with Crippen LogP contribution in [-0.2, 0) is 65.4 Å². The highest BCUT2D eigenvalue weighted by Crippen LogP contribution is 2.45. The molecule has 0 aromatic carbocycles. The van der Waals surface area contributed by atoms with Crippen molar-refractivity contribution < 1.29 is 80.2 Å². The third-order valence-electron chi connectivity index (χ3n) is 17.9. The second-order valence-electron chi connectivity index (χ2n) is 28.2. The summed E-state index contributed by atoms with van der Waals surface area (Å²) in [5, 5.41) is 10.6. The quantitative estimate of drug-likeness (QED) is 0.0169. The van der Waals surface area contributed by atoms with Gasteiger partial charge in [0.25, 0.3) is 0 Å². The Morgan fingerprint density at radius 3 is 0.837 bits per heavy atom. The van der Waals surface area contributed by atoms with E-state index in [0.29, 0.717) is 25.7 Å². The second-order valence-corrected chi connectivity index (χ2v) is 31.2. The van der Waals surface area contributed by atoms with Crippen molar-refractivity contribution in [2.24, 2.45) is 5.92 Å². The predicted molar refractivity (Wildman–Crippen MR) is 400 cm³/mol. The van der Waals surface area contributed by atoms with Crippen LogP contribution in [0.5, 0.6) is 0 Å². The molecule has 0 spiro atoms. The van der Waals surface area contributed by atoms with Gasteiger partial charge in [-0.05, 0) is 57.3 Å². The highest BCUT2D eigenvalue weighted by Gasteiger charge is 2.30. The number of aliphatic hydroxyl groups is 1. The maximum atomic E-state index is 13.1. The summed E-state index contributed by atoms with van der Waals surface area (Å²) in [6, 6.07) is 0. The fourth-order valence-corrected chi connectivity index (χ4v) is 13.3. The summed E-state index contributed by atoms with van der Waals surface area (Å²) in [7, 11) is -9.92. The molecule has 0 amide bonds. The molecule has 0 aliphatic heterocycles. The standard InChI is InChI=1S/C79H150O17P2/c1-6-9-12-15-17-19-21-23-25-28-33-36-40-44-48-53-58-63-77(82)90-69-75(96-79(84)65-60-55-50-46-42-38-34-30-27-26-29-32-35-39-43-47-52-56-61-72(4)5)71-94-98(87,88)92-67-73(80)66-91-97(85,86)93-70-74(68-89-76(81)62-57-51-14-11-8-3)95-78(83)64-59-54-49-45-41-37-31-24-22-20-18-16-13-10-7-2/h20,22,24,31,72-75,80H,6-19,21,23,25-30,32-71H2,1-5H3,(H,85,86)(H,87,88)/b22-20-,31-24-/t73-,74+,75+/m0/s1. The van der Waals surface area contributed by atoms with Crippen LogP contribution in [0.4, 0.5) is 0 Å². The smallest absolute Gasteiger partial charge is 0.462 e. The number of phosphoric acid groups is 2. The lowest BCUT2D eigenvalue weighted by atomic mass is 10.0. The minimum absolute atomic E-state index is 0.0844. The molecule has 0 aliphatic carbocycles. The van der Waals surface area contributed by atoms with Crippen LogP contribution in [0.2, 0.25) is 0 Å². The van der Waals surface area contributed by atoms with E-state index in [4.69, 9.17) is 37.0 Å². The molecule has 3 N–H and O–H groups in total. The molecule has 0 saturated heterocycles. The summed E-state index contributed by atoms with van der Waals surface area (Å²) in [6.07, 6.45) is 65.1. The molecular weight excluding hydrogens is 1280 g/mol. The number of unbranched alkanes of at least 4 members (excludes halogenated alkanes) is 46. The molecule has 0 radical (unpaired) electrons. The Balaban J connectivity index is 5.15. The van der Waals surface area contributed by atoms with Gasteiger partial charge in [-0.25, -0.2) is 9.13 Å². The topological polar surface area (TPSA) is 237 Å². The summed E-state index contributed by atoms with van der Waals surface area (Å²) in [5.74, 6) is -1.33. The summed E-state index contributed by atoms with van der Waals surface area (Å²) >= 11 is 0. The summed E-state index contributed by atoms with van der Waals surface area (Å²) < 4.78 is 68.3. The molecule has 2 unspecified atom stereocenters. The van der Waals surface area contributed by atoms with Crippen LogP contribution in [0.15, 0.2) is 24.3 Å². The van der Waals surface area contributed by atoms with Crippen LogP contribution in [0.25, 0.3) is 0 Å². The van der Waals surface area contributed by atoms with E-state index in [9.17, 15) is 43.2 Å². The molecule has 0 aliphatic rings. The molecule has 19 heteroatoms. The molecule has 17 nitrogen and oxygen atoms in total. The van der Waals surface area contributed by atoms with E-state index in [1.54, 1.807) is 0 Å². The first-order valence-corrected chi connectivity index (χ1v) is 43.4. The van der Waals surface area contributed by atoms with Gasteiger partial charge in [0.2, 0.25) is 0 Å². The van der Waals surface area contributed by atoms with E-state index in [1.807, 2.05) is 0 Å². The maximum absolute atomic E-state index is 13.1. The lowest BCUT2D eigenvalue weighted by molar-refractivity contribution is -0.161. The fourth-order valence-electron chi connectivity index (χ4n) is 11.7. The number of rotatable bonds is 77. The van der Waals surface area contributed by atoms with Crippen molar-refractivity contribution in [2.75, 3.05) is 39.6 Å². The van der Waals surface area contributed by atoms with Crippen LogP contribution in [0, 0.1) is 5.92 Å². The average molecular weight is 1430 g/mol. The molecule has 98 heavy (non-hydrogen) atoms. The van der Waals surface area contributed by atoms with Crippen LogP contribution < -0.4 is 0 Å². The van der Waals surface area contributed by atoms with Crippen molar-refractivity contribution in [3.8, 4) is 0 Å². The third kappa shape index (κ3) is 71.9. The van der Waals surface area contributed by atoms with Gasteiger partial charge in [-0.3, -0.25) is 37.3 Å². The van der Waals surface area contributed by atoms with Gasteiger partial charge >= 0.3 is 39.5 Å². The molecule has 0 saturated carbocycles. The van der Waals surface area contributed by atoms with Crippen molar-refractivity contribution in [1.82, 2.24) is 0 Å². The number of carbonyl (C=O) groups excluding carboxylic acids is 4. The number of hydrogen-bond acceptors (Lipinski definition) is 15. The zero-order valence-electron chi connectivity index (χ0n) is 63.4. The highest BCUT2D eigenvalue weighted by atomic mass is 31.2. The summed E-state index contributed by atoms with van der Waals surface area (Å²) in [5.41, 5.74) is 0. The van der Waals surface area contributed by atoms with E-state index >= 15 is 0 Å². The number of aliphatic hydroxyl groups excluding tert-OH is 1. The number of carbonyl (C=O) groups is 4. The maximum Gasteiger partial charge on any atom is 0.472 e. The summed E-state index contributed by atoms with van der Waals surface area (Å²) in [6.45, 7) is 7.19. The molecule has 0 heterocycles. The Morgan fingerprint density at radius 1 is 0.316 bits per heavy atom. The second kappa shape index (κ2) is 71.5. The molecule has 0 rings (SSSR count). The number of ether oxygens (including phenoxy) is 4. The van der Waals surface area contributed by atoms with E-state index < -0.39 is 97.5 Å². The van der Waals surface area contributed by atoms with E-state index in [0.717, 1.165) is 115 Å². The van der Waals surface area contributed by atoms with E-state index in [-0.39, 0.29) is 25.7 Å². The summed E-state index contributed by atoms with van der Waals surface area (Å²) in [4.78, 5) is 72.6. The molecule has 0 aromatic heterocycles. The highest BCUT2D eigenvalue weighted by molar-refractivity contribution is 7.47. The van der Waals surface area contributed by atoms with Crippen molar-refractivity contribution in [2.45, 2.75) is 412 Å². The Hall–Kier alpha value is -2.46. The minimum atomic E-state index is -4.96. The van der Waals surface area contributed by atoms with Crippen LogP contribution >= 0.6 is 15.6 Å². The zero-order valence-corrected chi connectivity index (χ0v) is 65.2. The average Bonchev–Trinajstić information content (AvgIpc) is 0.995. The van der Waals surface area contributed by atoms with Gasteiger partial charge in [-0.1, -0.05) is 341 Å². The van der Waals surface area contributed by atoms with Gasteiger partial charge in [-0.2, -0.15) is 0 Å². The predicted octanol–water partition coefficient (Wildman–Crippen LogP) is 23.2. The first-order chi connectivity index (χ1) is 47.5. The normalized spacial score (nSPS) is 14.1. The van der Waals surface area contributed by atoms with E-state index in [1.165, 1.54) is 199 Å². The third-order valence-corrected chi connectivity index (χ3v) is 19.8. The van der Waals surface area contributed by atoms with Gasteiger partial charge in [-0.15, -0.1) is 0 Å². The van der Waals surface area contributed by atoms with Crippen molar-refractivity contribution in [3.63, 3.8) is 0 Å². The van der Waals surface area contributed by atoms with Gasteiger partial charge in [0, 0.05) is 25.7 Å². The molecule has 5 atom stereocenters. The minimum Gasteiger partial charge on any atom is -0.462 e. The number of hydrogen-bond donors (Lipinski definition) is 3. The fraction of sp³-hybridized carbons (Fsp3) is 0.899. The Bertz CT molecular complexity index is 1970. The number of phosphoric ester groups is 2. The largest absolute Gasteiger partial charge is 0.472 e. The SMILES string of the molecule is CCCCCC/C=C\C=C/CCCCCCCC(=O)O[C@H](COC(=O)CCCCCCC)COP(=O)(O)OC[C@H](O)COP(=O)(O)OC[C@@H](COC(=O)CCCCCCCCCCCCCCCCCCC)OC(=O)CCCCCCCCCCCCCCCCCCCCC(C)C. The molecule has 0 fully saturated rings. The lowest BCUT2D eigenvalue weighted by Gasteiger charge is -2.21. The van der Waals surface area contributed by atoms with E-state index in [2.05, 4.69) is 58.9 Å². The number of esters is 4. The molecule has 0 aromatic rings. The first-order valence-electron chi connectivity index (χ1n) is 40.5. The van der Waals surface area contributed by atoms with Crippen molar-refractivity contribution in [1.29, 1.82) is 0 Å². The van der Waals surface area contributed by atoms with Crippen molar-refractivity contribution >= 4 is 39.5 Å². The van der Waals surface area contributed by atoms with Gasteiger partial charge < -0.3 is 33.8 Å². The molecular formula is C79H150O17P2.